The van der Waals surface area contributed by atoms with Gasteiger partial charge in [0.2, 0.25) is 11.8 Å². The van der Waals surface area contributed by atoms with E-state index >= 15 is 0 Å². The molecule has 2 atom stereocenters. The summed E-state index contributed by atoms with van der Waals surface area (Å²) in [5.41, 5.74) is -0.295. The summed E-state index contributed by atoms with van der Waals surface area (Å²) in [6.45, 7) is 7.79. The number of nitrogens with zero attached hydrogens (tertiary/aromatic N) is 2. The zero-order chi connectivity index (χ0) is 20.5. The number of rotatable bonds is 4. The number of amides is 2. The Labute approximate surface area is 158 Å². The summed E-state index contributed by atoms with van der Waals surface area (Å²) >= 11 is 0. The standard InChI is InChI=1S/C20H27F3N2O2/c1-12(2)18(26)25-10-16(17(11-25)19(27)24(5)13(3)4)14-7-6-8-15(9-14)20(21,22)23/h6-9,12-13,16-17H,10-11H2,1-5H3. The lowest BCUT2D eigenvalue weighted by Crippen LogP contribution is -2.40. The summed E-state index contributed by atoms with van der Waals surface area (Å²) in [7, 11) is 1.68. The molecular formula is C20H27F3N2O2. The van der Waals surface area contributed by atoms with Gasteiger partial charge < -0.3 is 9.80 Å². The Bertz CT molecular complexity index is 701. The van der Waals surface area contributed by atoms with Crippen LogP contribution in [0.25, 0.3) is 0 Å². The van der Waals surface area contributed by atoms with Crippen molar-refractivity contribution in [3.05, 3.63) is 35.4 Å². The molecule has 0 aromatic heterocycles. The molecule has 1 aliphatic heterocycles. The van der Waals surface area contributed by atoms with Crippen LogP contribution in [0.3, 0.4) is 0 Å². The molecule has 0 N–H and O–H groups in total. The summed E-state index contributed by atoms with van der Waals surface area (Å²) in [5, 5.41) is 0. The van der Waals surface area contributed by atoms with Crippen LogP contribution in [0.2, 0.25) is 0 Å². The Balaban J connectivity index is 2.40. The summed E-state index contributed by atoms with van der Waals surface area (Å²) in [6, 6.07) is 5.06. The minimum absolute atomic E-state index is 0.0329. The highest BCUT2D eigenvalue weighted by Gasteiger charge is 2.43. The molecule has 2 unspecified atom stereocenters. The summed E-state index contributed by atoms with van der Waals surface area (Å²) in [5.74, 6) is -1.47. The van der Waals surface area contributed by atoms with E-state index in [0.717, 1.165) is 12.1 Å². The number of carbonyl (C=O) groups is 2. The van der Waals surface area contributed by atoms with Crippen molar-refractivity contribution in [3.8, 4) is 0 Å². The van der Waals surface area contributed by atoms with Gasteiger partial charge in [-0.05, 0) is 25.5 Å². The lowest BCUT2D eigenvalue weighted by Gasteiger charge is -2.27. The van der Waals surface area contributed by atoms with Crippen LogP contribution in [0, 0.1) is 11.8 Å². The van der Waals surface area contributed by atoms with E-state index in [-0.39, 0.29) is 36.9 Å². The third kappa shape index (κ3) is 4.62. The van der Waals surface area contributed by atoms with Gasteiger partial charge in [-0.1, -0.05) is 32.0 Å². The summed E-state index contributed by atoms with van der Waals surface area (Å²) < 4.78 is 39.3. The zero-order valence-electron chi connectivity index (χ0n) is 16.4. The molecule has 27 heavy (non-hydrogen) atoms. The number of carbonyl (C=O) groups excluding carboxylic acids is 2. The monoisotopic (exact) mass is 384 g/mol. The van der Waals surface area contributed by atoms with Crippen LogP contribution < -0.4 is 0 Å². The Morgan fingerprint density at radius 1 is 1.15 bits per heavy atom. The second-order valence-electron chi connectivity index (χ2n) is 7.78. The van der Waals surface area contributed by atoms with E-state index in [2.05, 4.69) is 0 Å². The molecule has 0 bridgehead atoms. The van der Waals surface area contributed by atoms with Crippen LogP contribution in [0.1, 0.15) is 44.7 Å². The maximum atomic E-state index is 13.1. The van der Waals surface area contributed by atoms with Crippen LogP contribution in [0.15, 0.2) is 24.3 Å². The molecule has 1 fully saturated rings. The van der Waals surface area contributed by atoms with Gasteiger partial charge in [0.1, 0.15) is 0 Å². The van der Waals surface area contributed by atoms with Crippen LogP contribution in [-0.4, -0.2) is 47.8 Å². The molecule has 1 heterocycles. The fraction of sp³-hybridized carbons (Fsp3) is 0.600. The third-order valence-corrected chi connectivity index (χ3v) is 5.21. The van der Waals surface area contributed by atoms with Gasteiger partial charge in [-0.3, -0.25) is 9.59 Å². The highest BCUT2D eigenvalue weighted by molar-refractivity contribution is 5.84. The largest absolute Gasteiger partial charge is 0.416 e. The van der Waals surface area contributed by atoms with Crippen molar-refractivity contribution >= 4 is 11.8 Å². The van der Waals surface area contributed by atoms with E-state index in [9.17, 15) is 22.8 Å². The van der Waals surface area contributed by atoms with Gasteiger partial charge in [0, 0.05) is 38.0 Å². The van der Waals surface area contributed by atoms with E-state index in [0.29, 0.717) is 5.56 Å². The first-order chi connectivity index (χ1) is 12.4. The van der Waals surface area contributed by atoms with Gasteiger partial charge in [0.25, 0.3) is 0 Å². The van der Waals surface area contributed by atoms with Crippen molar-refractivity contribution in [2.75, 3.05) is 20.1 Å². The molecule has 1 aromatic rings. The number of benzene rings is 1. The molecule has 150 valence electrons. The highest BCUT2D eigenvalue weighted by Crippen LogP contribution is 2.37. The fourth-order valence-corrected chi connectivity index (χ4v) is 3.40. The predicted octanol–water partition coefficient (Wildman–Crippen LogP) is 3.77. The molecule has 2 rings (SSSR count). The predicted molar refractivity (Wildman–Crippen MR) is 97.0 cm³/mol. The Morgan fingerprint density at radius 2 is 1.78 bits per heavy atom. The van der Waals surface area contributed by atoms with Crippen molar-refractivity contribution in [1.29, 1.82) is 0 Å². The highest BCUT2D eigenvalue weighted by atomic mass is 19.4. The average molecular weight is 384 g/mol. The maximum Gasteiger partial charge on any atom is 0.416 e. The van der Waals surface area contributed by atoms with Crippen molar-refractivity contribution in [2.45, 2.75) is 45.8 Å². The van der Waals surface area contributed by atoms with E-state index in [4.69, 9.17) is 0 Å². The number of halogens is 3. The lowest BCUT2D eigenvalue weighted by atomic mass is 9.87. The van der Waals surface area contributed by atoms with Crippen LogP contribution in [0.5, 0.6) is 0 Å². The summed E-state index contributed by atoms with van der Waals surface area (Å²) in [6.07, 6.45) is -4.45. The first-order valence-electron chi connectivity index (χ1n) is 9.16. The van der Waals surface area contributed by atoms with E-state index < -0.39 is 23.6 Å². The Kier molecular flexibility index (Phi) is 6.22. The van der Waals surface area contributed by atoms with Crippen molar-refractivity contribution in [3.63, 3.8) is 0 Å². The average Bonchev–Trinajstić information content (AvgIpc) is 3.04. The smallest absolute Gasteiger partial charge is 0.343 e. The normalized spacial score (nSPS) is 20.4. The zero-order valence-corrected chi connectivity index (χ0v) is 16.4. The molecule has 0 spiro atoms. The Morgan fingerprint density at radius 3 is 2.30 bits per heavy atom. The molecule has 1 saturated heterocycles. The van der Waals surface area contributed by atoms with Gasteiger partial charge in [-0.15, -0.1) is 0 Å². The van der Waals surface area contributed by atoms with Crippen molar-refractivity contribution < 1.29 is 22.8 Å². The number of alkyl halides is 3. The summed E-state index contributed by atoms with van der Waals surface area (Å²) in [4.78, 5) is 28.6. The molecule has 0 aliphatic carbocycles. The van der Waals surface area contributed by atoms with Crippen molar-refractivity contribution in [1.82, 2.24) is 9.80 Å². The molecular weight excluding hydrogens is 357 g/mol. The van der Waals surface area contributed by atoms with E-state index in [1.54, 1.807) is 36.8 Å². The van der Waals surface area contributed by atoms with Gasteiger partial charge >= 0.3 is 6.18 Å². The minimum atomic E-state index is -4.45. The minimum Gasteiger partial charge on any atom is -0.343 e. The van der Waals surface area contributed by atoms with Gasteiger partial charge in [0.05, 0.1) is 11.5 Å². The second kappa shape index (κ2) is 7.90. The lowest BCUT2D eigenvalue weighted by molar-refractivity contribution is -0.138. The van der Waals surface area contributed by atoms with E-state index in [1.165, 1.54) is 6.07 Å². The first kappa shape index (κ1) is 21.3. The first-order valence-corrected chi connectivity index (χ1v) is 9.16. The molecule has 0 radical (unpaired) electrons. The number of hydrogen-bond acceptors (Lipinski definition) is 2. The molecule has 2 amide bonds. The quantitative estimate of drug-likeness (QED) is 0.793. The Hall–Kier alpha value is -2.05. The van der Waals surface area contributed by atoms with Gasteiger partial charge in [0.15, 0.2) is 0 Å². The second-order valence-corrected chi connectivity index (χ2v) is 7.78. The third-order valence-electron chi connectivity index (χ3n) is 5.21. The number of hydrogen-bond donors (Lipinski definition) is 0. The molecule has 0 saturated carbocycles. The molecule has 7 heteroatoms. The SMILES string of the molecule is CC(C)C(=O)N1CC(C(=O)N(C)C(C)C)C(c2cccc(C(F)(F)F)c2)C1. The topological polar surface area (TPSA) is 40.6 Å². The maximum absolute atomic E-state index is 13.1. The number of likely N-dealkylation sites (tertiary alicyclic amines) is 1. The van der Waals surface area contributed by atoms with Gasteiger partial charge in [-0.2, -0.15) is 13.2 Å². The molecule has 4 nitrogen and oxygen atoms in total. The molecule has 1 aliphatic rings. The van der Waals surface area contributed by atoms with Crippen LogP contribution in [0.4, 0.5) is 13.2 Å². The van der Waals surface area contributed by atoms with Crippen LogP contribution >= 0.6 is 0 Å². The molecule has 1 aromatic carbocycles. The fourth-order valence-electron chi connectivity index (χ4n) is 3.40. The van der Waals surface area contributed by atoms with Crippen molar-refractivity contribution in [2.24, 2.45) is 11.8 Å². The van der Waals surface area contributed by atoms with Crippen LogP contribution in [-0.2, 0) is 15.8 Å². The van der Waals surface area contributed by atoms with Gasteiger partial charge in [-0.25, -0.2) is 0 Å². The van der Waals surface area contributed by atoms with E-state index in [1.807, 2.05) is 13.8 Å².